The van der Waals surface area contributed by atoms with Gasteiger partial charge in [0.25, 0.3) is 5.89 Å². The highest BCUT2D eigenvalue weighted by atomic mass is 16.5. The Balaban J connectivity index is 1.80. The molecule has 1 aromatic heterocycles. The Morgan fingerprint density at radius 3 is 2.62 bits per heavy atom. The molecule has 0 N–H and O–H groups in total. The predicted octanol–water partition coefficient (Wildman–Crippen LogP) is 4.44. The van der Waals surface area contributed by atoms with Crippen LogP contribution < -0.4 is 0 Å². The van der Waals surface area contributed by atoms with E-state index in [0.29, 0.717) is 17.4 Å². The molecule has 4 nitrogen and oxygen atoms in total. The fourth-order valence-electron chi connectivity index (χ4n) is 2.95. The molecular formula is C17H19N3O. The van der Waals surface area contributed by atoms with E-state index >= 15 is 0 Å². The van der Waals surface area contributed by atoms with E-state index in [-0.39, 0.29) is 0 Å². The van der Waals surface area contributed by atoms with Gasteiger partial charge >= 0.3 is 0 Å². The van der Waals surface area contributed by atoms with Crippen LogP contribution in [-0.2, 0) is 0 Å². The Bertz CT molecular complexity index is 633. The van der Waals surface area contributed by atoms with Gasteiger partial charge in [0, 0.05) is 11.5 Å². The van der Waals surface area contributed by atoms with Crippen LogP contribution in [0.4, 0.5) is 0 Å². The number of rotatable bonds is 2. The van der Waals surface area contributed by atoms with Crippen LogP contribution >= 0.6 is 0 Å². The third kappa shape index (κ3) is 3.30. The number of benzene rings is 1. The maximum Gasteiger partial charge on any atom is 0.257 e. The second kappa shape index (κ2) is 6.53. The first kappa shape index (κ1) is 13.8. The van der Waals surface area contributed by atoms with Gasteiger partial charge < -0.3 is 4.52 Å². The standard InChI is InChI=1S/C17H19N3O/c18-12-13-7-6-10-15(11-13)17-19-16(20-21-17)14-8-4-2-1-3-5-9-14/h6-7,10-11,14H,1-5,8-9H2. The number of aromatic nitrogens is 2. The Kier molecular flexibility index (Phi) is 4.30. The fourth-order valence-corrected chi connectivity index (χ4v) is 2.95. The molecule has 1 aromatic carbocycles. The van der Waals surface area contributed by atoms with Crippen LogP contribution in [0.2, 0.25) is 0 Å². The van der Waals surface area contributed by atoms with Gasteiger partial charge in [0.15, 0.2) is 5.82 Å². The summed E-state index contributed by atoms with van der Waals surface area (Å²) in [5.74, 6) is 1.76. The molecule has 0 bridgehead atoms. The molecule has 4 heteroatoms. The number of hydrogen-bond donors (Lipinski definition) is 0. The van der Waals surface area contributed by atoms with Crippen LogP contribution in [0, 0.1) is 11.3 Å². The summed E-state index contributed by atoms with van der Waals surface area (Å²) in [7, 11) is 0. The molecule has 0 atom stereocenters. The van der Waals surface area contributed by atoms with E-state index in [1.807, 2.05) is 12.1 Å². The van der Waals surface area contributed by atoms with Crippen molar-refractivity contribution in [1.82, 2.24) is 10.1 Å². The highest BCUT2D eigenvalue weighted by molar-refractivity contribution is 5.56. The lowest BCUT2D eigenvalue weighted by Gasteiger charge is -2.15. The first-order chi connectivity index (χ1) is 10.4. The summed E-state index contributed by atoms with van der Waals surface area (Å²) in [6.45, 7) is 0. The maximum absolute atomic E-state index is 8.96. The minimum absolute atomic E-state index is 0.418. The van der Waals surface area contributed by atoms with E-state index in [0.717, 1.165) is 24.2 Å². The Labute approximate surface area is 124 Å². The summed E-state index contributed by atoms with van der Waals surface area (Å²) >= 11 is 0. The molecule has 0 radical (unpaired) electrons. The van der Waals surface area contributed by atoms with Gasteiger partial charge in [0.2, 0.25) is 0 Å². The van der Waals surface area contributed by atoms with Crippen LogP contribution in [0.1, 0.15) is 62.3 Å². The van der Waals surface area contributed by atoms with Gasteiger partial charge in [-0.2, -0.15) is 10.2 Å². The van der Waals surface area contributed by atoms with Gasteiger partial charge in [-0.3, -0.25) is 0 Å². The third-order valence-electron chi connectivity index (χ3n) is 4.15. The Hall–Kier alpha value is -2.15. The van der Waals surface area contributed by atoms with Crippen molar-refractivity contribution in [3.05, 3.63) is 35.7 Å². The fraction of sp³-hybridized carbons (Fsp3) is 0.471. The maximum atomic E-state index is 8.96. The summed E-state index contributed by atoms with van der Waals surface area (Å²) < 4.78 is 5.40. The molecule has 1 aliphatic carbocycles. The van der Waals surface area contributed by atoms with E-state index in [9.17, 15) is 0 Å². The molecule has 2 aromatic rings. The minimum atomic E-state index is 0.418. The molecule has 0 saturated heterocycles. The molecule has 0 amide bonds. The lowest BCUT2D eigenvalue weighted by molar-refractivity contribution is 0.393. The zero-order valence-corrected chi connectivity index (χ0v) is 12.1. The smallest absolute Gasteiger partial charge is 0.257 e. The average Bonchev–Trinajstić information content (AvgIpc) is 2.97. The minimum Gasteiger partial charge on any atom is -0.334 e. The lowest BCUT2D eigenvalue weighted by atomic mass is 9.91. The molecule has 0 aliphatic heterocycles. The van der Waals surface area contributed by atoms with Crippen LogP contribution in [0.25, 0.3) is 11.5 Å². The summed E-state index contributed by atoms with van der Waals surface area (Å²) in [6, 6.07) is 9.43. The van der Waals surface area contributed by atoms with Gasteiger partial charge in [-0.15, -0.1) is 0 Å². The monoisotopic (exact) mass is 281 g/mol. The normalized spacial score (nSPS) is 16.9. The molecule has 108 valence electrons. The number of hydrogen-bond acceptors (Lipinski definition) is 4. The average molecular weight is 281 g/mol. The van der Waals surface area contributed by atoms with Crippen molar-refractivity contribution in [2.24, 2.45) is 0 Å². The van der Waals surface area contributed by atoms with Gasteiger partial charge in [-0.25, -0.2) is 0 Å². The molecule has 1 heterocycles. The zero-order valence-electron chi connectivity index (χ0n) is 12.1. The predicted molar refractivity (Wildman–Crippen MR) is 79.5 cm³/mol. The topological polar surface area (TPSA) is 62.7 Å². The summed E-state index contributed by atoms with van der Waals surface area (Å²) in [5, 5.41) is 13.1. The lowest BCUT2D eigenvalue weighted by Crippen LogP contribution is -2.04. The molecule has 1 aliphatic rings. The van der Waals surface area contributed by atoms with Crippen molar-refractivity contribution < 1.29 is 4.52 Å². The van der Waals surface area contributed by atoms with Crippen LogP contribution in [0.3, 0.4) is 0 Å². The highest BCUT2D eigenvalue weighted by Crippen LogP contribution is 2.30. The molecule has 1 saturated carbocycles. The molecule has 0 unspecified atom stereocenters. The van der Waals surface area contributed by atoms with E-state index in [1.54, 1.807) is 12.1 Å². The van der Waals surface area contributed by atoms with Crippen molar-refractivity contribution in [3.8, 4) is 17.5 Å². The molecular weight excluding hydrogens is 262 g/mol. The Morgan fingerprint density at radius 1 is 1.10 bits per heavy atom. The van der Waals surface area contributed by atoms with Crippen molar-refractivity contribution >= 4 is 0 Å². The van der Waals surface area contributed by atoms with Crippen molar-refractivity contribution in [3.63, 3.8) is 0 Å². The van der Waals surface area contributed by atoms with Crippen LogP contribution in [0.15, 0.2) is 28.8 Å². The molecule has 1 fully saturated rings. The van der Waals surface area contributed by atoms with E-state index in [4.69, 9.17) is 9.78 Å². The van der Waals surface area contributed by atoms with Crippen molar-refractivity contribution in [2.45, 2.75) is 50.9 Å². The largest absolute Gasteiger partial charge is 0.334 e. The number of nitrogens with zero attached hydrogens (tertiary/aromatic N) is 3. The second-order valence-corrected chi connectivity index (χ2v) is 5.69. The van der Waals surface area contributed by atoms with E-state index in [2.05, 4.69) is 16.2 Å². The van der Waals surface area contributed by atoms with Gasteiger partial charge in [-0.05, 0) is 31.0 Å². The highest BCUT2D eigenvalue weighted by Gasteiger charge is 2.20. The Morgan fingerprint density at radius 2 is 1.86 bits per heavy atom. The van der Waals surface area contributed by atoms with Gasteiger partial charge in [-0.1, -0.05) is 43.3 Å². The van der Waals surface area contributed by atoms with Crippen molar-refractivity contribution in [2.75, 3.05) is 0 Å². The first-order valence-corrected chi connectivity index (χ1v) is 7.71. The van der Waals surface area contributed by atoms with E-state index < -0.39 is 0 Å². The van der Waals surface area contributed by atoms with Crippen LogP contribution in [-0.4, -0.2) is 10.1 Å². The van der Waals surface area contributed by atoms with Gasteiger partial charge in [0.1, 0.15) is 0 Å². The van der Waals surface area contributed by atoms with Crippen molar-refractivity contribution in [1.29, 1.82) is 5.26 Å². The molecule has 21 heavy (non-hydrogen) atoms. The quantitative estimate of drug-likeness (QED) is 0.816. The number of nitriles is 1. The molecule has 3 rings (SSSR count). The van der Waals surface area contributed by atoms with Crippen LogP contribution in [0.5, 0.6) is 0 Å². The third-order valence-corrected chi connectivity index (χ3v) is 4.15. The zero-order chi connectivity index (χ0) is 14.5. The summed E-state index contributed by atoms with van der Waals surface area (Å²) in [4.78, 5) is 4.56. The van der Waals surface area contributed by atoms with Gasteiger partial charge in [0.05, 0.1) is 11.6 Å². The summed E-state index contributed by atoms with van der Waals surface area (Å²) in [5.41, 5.74) is 1.43. The molecule has 0 spiro atoms. The second-order valence-electron chi connectivity index (χ2n) is 5.69. The summed E-state index contributed by atoms with van der Waals surface area (Å²) in [6.07, 6.45) is 8.77. The SMILES string of the molecule is N#Cc1cccc(-c2nc(C3CCCCCCC3)no2)c1. The van der Waals surface area contributed by atoms with E-state index in [1.165, 1.54) is 32.1 Å². The first-order valence-electron chi connectivity index (χ1n) is 7.71.